The Morgan fingerprint density at radius 1 is 0.859 bits per heavy atom. The van der Waals surface area contributed by atoms with Crippen LogP contribution in [0.1, 0.15) is 51.2 Å². The van der Waals surface area contributed by atoms with Crippen LogP contribution in [0, 0.1) is 17.6 Å². The van der Waals surface area contributed by atoms with Gasteiger partial charge in [-0.25, -0.2) is 23.4 Å². The van der Waals surface area contributed by atoms with Gasteiger partial charge in [-0.3, -0.25) is 34.4 Å². The Bertz CT molecular complexity index is 2810. The highest BCUT2D eigenvalue weighted by Gasteiger charge is 2.40. The van der Waals surface area contributed by atoms with Crippen LogP contribution >= 0.6 is 0 Å². The van der Waals surface area contributed by atoms with Gasteiger partial charge >= 0.3 is 0 Å². The van der Waals surface area contributed by atoms with E-state index in [2.05, 4.69) is 35.4 Å². The van der Waals surface area contributed by atoms with Gasteiger partial charge in [0, 0.05) is 88.7 Å². The Balaban J connectivity index is 0.764. The summed E-state index contributed by atoms with van der Waals surface area (Å²) >= 11 is 0. The van der Waals surface area contributed by atoms with Crippen LogP contribution in [0.3, 0.4) is 0 Å². The van der Waals surface area contributed by atoms with E-state index in [9.17, 15) is 19.2 Å². The second kappa shape index (κ2) is 16.7. The van der Waals surface area contributed by atoms with Crippen LogP contribution in [-0.2, 0) is 22.7 Å². The summed E-state index contributed by atoms with van der Waals surface area (Å²) in [4.78, 5) is 70.4. The fourth-order valence-electron chi connectivity index (χ4n) is 9.35. The number of pyridine rings is 1. The molecule has 326 valence electrons. The Labute approximate surface area is 366 Å². The lowest BCUT2D eigenvalue weighted by Gasteiger charge is -2.37. The number of piperidine rings is 1. The van der Waals surface area contributed by atoms with Crippen molar-refractivity contribution in [3.8, 4) is 16.9 Å². The second-order valence-electron chi connectivity index (χ2n) is 16.7. The van der Waals surface area contributed by atoms with E-state index in [4.69, 9.17) is 10.8 Å². The number of rotatable bonds is 10. The standard InChI is InChI=1S/C46H44F2N12O4/c47-33-20-31(60-43-40(42(49)52-26-53-43)41(55-60)29-6-4-27(5-7-29)22-51-44(62)35-3-1-2-13-50-35)8-9-36(33)58-14-12-28(24-58)23-56-15-17-57(18-16-56)38-19-30-25-59(46(64)32(30)21-34(38)48)37-10-11-39(61)54-45(37)63/h1-9,13,19-21,26,28,37H,10-12,14-18,22-25H2,(H,51,62)(H2,49,52,53)(H,54,61,63)/t28-,37+/m1/s1. The summed E-state index contributed by atoms with van der Waals surface area (Å²) in [6, 6.07) is 20.0. The summed E-state index contributed by atoms with van der Waals surface area (Å²) < 4.78 is 33.2. The van der Waals surface area contributed by atoms with Crippen LogP contribution in [-0.4, -0.2) is 110 Å². The largest absolute Gasteiger partial charge is 0.383 e. The van der Waals surface area contributed by atoms with E-state index in [0.717, 1.165) is 37.2 Å². The molecule has 3 aromatic carbocycles. The minimum atomic E-state index is -0.757. The van der Waals surface area contributed by atoms with Gasteiger partial charge in [-0.2, -0.15) is 5.10 Å². The number of amides is 4. The van der Waals surface area contributed by atoms with Gasteiger partial charge in [0.25, 0.3) is 11.8 Å². The summed E-state index contributed by atoms with van der Waals surface area (Å²) in [7, 11) is 0. The van der Waals surface area contributed by atoms with Crippen molar-refractivity contribution < 1.29 is 28.0 Å². The number of nitrogens with two attached hydrogens (primary N) is 1. The fraction of sp³-hybridized carbons (Fsp3) is 0.304. The van der Waals surface area contributed by atoms with E-state index >= 15 is 8.78 Å². The zero-order valence-electron chi connectivity index (χ0n) is 34.7. The van der Waals surface area contributed by atoms with E-state index in [-0.39, 0.29) is 48.4 Å². The molecule has 16 nitrogen and oxygen atoms in total. The molecule has 18 heteroatoms. The van der Waals surface area contributed by atoms with Crippen LogP contribution < -0.4 is 26.2 Å². The van der Waals surface area contributed by atoms with Gasteiger partial charge in [0.1, 0.15) is 41.2 Å². The molecule has 0 unspecified atom stereocenters. The lowest BCUT2D eigenvalue weighted by molar-refractivity contribution is -0.136. The smallest absolute Gasteiger partial charge is 0.270 e. The molecule has 10 rings (SSSR count). The highest BCUT2D eigenvalue weighted by molar-refractivity contribution is 6.05. The molecule has 0 radical (unpaired) electrons. The number of anilines is 3. The number of fused-ring (bicyclic) bond motifs is 2. The average molecular weight is 867 g/mol. The van der Waals surface area contributed by atoms with Crippen molar-refractivity contribution in [3.63, 3.8) is 0 Å². The van der Waals surface area contributed by atoms with Crippen molar-refractivity contribution in [2.24, 2.45) is 5.92 Å². The Kier molecular flexibility index (Phi) is 10.7. The summed E-state index contributed by atoms with van der Waals surface area (Å²) in [5, 5.41) is 10.6. The van der Waals surface area contributed by atoms with Crippen molar-refractivity contribution in [2.75, 3.05) is 61.3 Å². The zero-order chi connectivity index (χ0) is 44.1. The van der Waals surface area contributed by atoms with Gasteiger partial charge in [-0.05, 0) is 66.3 Å². The molecule has 6 aromatic rings. The number of aromatic nitrogens is 5. The zero-order valence-corrected chi connectivity index (χ0v) is 34.7. The van der Waals surface area contributed by atoms with Gasteiger partial charge < -0.3 is 25.8 Å². The van der Waals surface area contributed by atoms with E-state index in [1.807, 2.05) is 35.2 Å². The van der Waals surface area contributed by atoms with Crippen LogP contribution in [0.2, 0.25) is 0 Å². The maximum absolute atomic E-state index is 16.1. The van der Waals surface area contributed by atoms with Gasteiger partial charge in [-0.1, -0.05) is 30.3 Å². The molecule has 0 saturated carbocycles. The third-order valence-corrected chi connectivity index (χ3v) is 12.7. The lowest BCUT2D eigenvalue weighted by atomic mass is 10.0. The van der Waals surface area contributed by atoms with Crippen molar-refractivity contribution in [2.45, 2.75) is 38.4 Å². The van der Waals surface area contributed by atoms with Crippen molar-refractivity contribution in [1.29, 1.82) is 0 Å². The molecule has 4 aliphatic heterocycles. The molecule has 64 heavy (non-hydrogen) atoms. The SMILES string of the molecule is Nc1ncnc2c1c(-c1ccc(CNC(=O)c3ccccn3)cc1)nn2-c1ccc(N2CC[C@H](CN3CCN(c4cc5c(cc4F)C(=O)N([C@H]4CCC(=O)NC4=O)C5)CC3)C2)c(F)c1. The van der Waals surface area contributed by atoms with Crippen molar-refractivity contribution in [3.05, 3.63) is 119 Å². The van der Waals surface area contributed by atoms with Gasteiger partial charge in [-0.15, -0.1) is 0 Å². The van der Waals surface area contributed by atoms with E-state index in [1.54, 1.807) is 41.2 Å². The first kappa shape index (κ1) is 40.7. The predicted octanol–water partition coefficient (Wildman–Crippen LogP) is 4.08. The summed E-state index contributed by atoms with van der Waals surface area (Å²) in [6.07, 6.45) is 4.23. The number of piperazine rings is 1. The number of nitrogens with zero attached hydrogens (tertiary/aromatic N) is 9. The minimum Gasteiger partial charge on any atom is -0.383 e. The number of nitrogen functional groups attached to an aromatic ring is 1. The van der Waals surface area contributed by atoms with Crippen LogP contribution in [0.25, 0.3) is 28.0 Å². The highest BCUT2D eigenvalue weighted by Crippen LogP contribution is 2.36. The van der Waals surface area contributed by atoms with Gasteiger partial charge in [0.05, 0.1) is 22.4 Å². The number of halogens is 2. The third-order valence-electron chi connectivity index (χ3n) is 12.7. The van der Waals surface area contributed by atoms with Gasteiger partial charge in [0.15, 0.2) is 5.65 Å². The first-order chi connectivity index (χ1) is 31.1. The summed E-state index contributed by atoms with van der Waals surface area (Å²) in [5.41, 5.74) is 11.7. The molecule has 3 fully saturated rings. The normalized spacial score (nSPS) is 19.1. The van der Waals surface area contributed by atoms with Crippen LogP contribution in [0.15, 0.2) is 85.3 Å². The molecule has 3 aromatic heterocycles. The van der Waals surface area contributed by atoms with Crippen LogP contribution in [0.4, 0.5) is 26.0 Å². The maximum Gasteiger partial charge on any atom is 0.270 e. The van der Waals surface area contributed by atoms with E-state index in [0.29, 0.717) is 83.7 Å². The number of imide groups is 1. The molecule has 0 bridgehead atoms. The number of carbonyl (C=O) groups excluding carboxylic acids is 4. The Morgan fingerprint density at radius 3 is 2.44 bits per heavy atom. The maximum atomic E-state index is 16.1. The number of carbonyl (C=O) groups is 4. The average Bonchev–Trinajstić information content (AvgIpc) is 4.02. The number of nitrogens with one attached hydrogen (secondary N) is 2. The molecule has 7 heterocycles. The van der Waals surface area contributed by atoms with Crippen molar-refractivity contribution in [1.82, 2.24) is 45.2 Å². The second-order valence-corrected chi connectivity index (χ2v) is 16.7. The monoisotopic (exact) mass is 866 g/mol. The molecule has 4 N–H and O–H groups in total. The molecular weight excluding hydrogens is 823 g/mol. The number of hydrogen-bond acceptors (Lipinski definition) is 12. The van der Waals surface area contributed by atoms with Crippen LogP contribution in [0.5, 0.6) is 0 Å². The molecule has 0 aliphatic carbocycles. The topological polar surface area (TPSA) is 188 Å². The van der Waals surface area contributed by atoms with Gasteiger partial charge in [0.2, 0.25) is 11.8 Å². The van der Waals surface area contributed by atoms with E-state index < -0.39 is 23.7 Å². The Morgan fingerprint density at radius 2 is 1.67 bits per heavy atom. The fourth-order valence-corrected chi connectivity index (χ4v) is 9.35. The minimum absolute atomic E-state index is 0.154. The molecule has 4 aliphatic rings. The highest BCUT2D eigenvalue weighted by atomic mass is 19.1. The molecule has 2 atom stereocenters. The quantitative estimate of drug-likeness (QED) is 0.168. The molecule has 4 amide bonds. The predicted molar refractivity (Wildman–Crippen MR) is 233 cm³/mol. The van der Waals surface area contributed by atoms with E-state index in [1.165, 1.54) is 23.4 Å². The Hall–Kier alpha value is -7.34. The number of benzene rings is 3. The summed E-state index contributed by atoms with van der Waals surface area (Å²) in [6.45, 7) is 5.37. The third kappa shape index (κ3) is 7.73. The summed E-state index contributed by atoms with van der Waals surface area (Å²) in [5.74, 6) is -1.82. The molecule has 0 spiro atoms. The first-order valence-electron chi connectivity index (χ1n) is 21.3. The lowest BCUT2D eigenvalue weighted by Crippen LogP contribution is -2.52. The molecular formula is C46H44F2N12O4. The van der Waals surface area contributed by atoms with Crippen molar-refractivity contribution >= 4 is 51.9 Å². The first-order valence-corrected chi connectivity index (χ1v) is 21.3. The molecule has 3 saturated heterocycles. The number of hydrogen-bond donors (Lipinski definition) is 3.